The number of ketones is 1. The van der Waals surface area contributed by atoms with Crippen LogP contribution >= 0.6 is 27.3 Å². The summed E-state index contributed by atoms with van der Waals surface area (Å²) >= 11 is 4.73. The lowest BCUT2D eigenvalue weighted by Gasteiger charge is -2.23. The molecule has 8 heteroatoms. The van der Waals surface area contributed by atoms with Crippen LogP contribution in [0.5, 0.6) is 0 Å². The van der Waals surface area contributed by atoms with E-state index < -0.39 is 23.5 Å². The Labute approximate surface area is 207 Å². The van der Waals surface area contributed by atoms with Gasteiger partial charge in [-0.2, -0.15) is 0 Å². The zero-order chi connectivity index (χ0) is 24.1. The minimum absolute atomic E-state index is 0.0638. The normalized spacial score (nSPS) is 17.6. The molecule has 1 fully saturated rings. The number of nitrogens with zero attached hydrogens (tertiary/aromatic N) is 2. The zero-order valence-electron chi connectivity index (χ0n) is 18.2. The molecule has 4 aromatic rings. The number of aromatic nitrogens is 1. The van der Waals surface area contributed by atoms with Gasteiger partial charge in [-0.05, 0) is 73.0 Å². The van der Waals surface area contributed by atoms with E-state index in [1.54, 1.807) is 24.3 Å². The van der Waals surface area contributed by atoms with E-state index in [9.17, 15) is 19.1 Å². The molecule has 5 rings (SSSR count). The summed E-state index contributed by atoms with van der Waals surface area (Å²) in [7, 11) is 0. The number of benzene rings is 3. The molecule has 1 N–H and O–H groups in total. The first-order chi connectivity index (χ1) is 16.2. The maximum Gasteiger partial charge on any atom is 0.301 e. The fourth-order valence-corrected chi connectivity index (χ4v) is 5.65. The second-order valence-corrected chi connectivity index (χ2v) is 10.1. The van der Waals surface area contributed by atoms with E-state index in [0.717, 1.165) is 25.8 Å². The highest BCUT2D eigenvalue weighted by atomic mass is 79.9. The van der Waals surface area contributed by atoms with Gasteiger partial charge in [0.1, 0.15) is 11.6 Å². The molecule has 170 valence electrons. The summed E-state index contributed by atoms with van der Waals surface area (Å²) in [5.74, 6) is -2.42. The van der Waals surface area contributed by atoms with Crippen molar-refractivity contribution >= 4 is 60.1 Å². The molecule has 1 saturated heterocycles. The summed E-state index contributed by atoms with van der Waals surface area (Å²) in [5, 5.41) is 11.5. The zero-order valence-corrected chi connectivity index (χ0v) is 20.6. The first-order valence-electron chi connectivity index (χ1n) is 10.4. The van der Waals surface area contributed by atoms with Gasteiger partial charge in [-0.15, -0.1) is 0 Å². The largest absolute Gasteiger partial charge is 0.507 e. The third kappa shape index (κ3) is 3.73. The van der Waals surface area contributed by atoms with E-state index in [1.165, 1.54) is 40.5 Å². The predicted octanol–water partition coefficient (Wildman–Crippen LogP) is 6.44. The molecule has 0 aliphatic carbocycles. The standard InChI is InChI=1S/C26H18BrFN2O3S/c1-13-11-14(2)21-19(12-13)34-26(29-21)30-22(15-3-7-17(27)8-4-15)20(24(32)25(30)33)23(31)16-5-9-18(28)10-6-16/h3-12,22,31H,1-2H3/b23-20+. The predicted molar refractivity (Wildman–Crippen MR) is 134 cm³/mol. The molecule has 34 heavy (non-hydrogen) atoms. The second-order valence-electron chi connectivity index (χ2n) is 8.15. The van der Waals surface area contributed by atoms with Crippen molar-refractivity contribution in [2.24, 2.45) is 0 Å². The SMILES string of the molecule is Cc1cc(C)c2nc(N3C(=O)C(=O)/C(=C(/O)c4ccc(F)cc4)C3c3ccc(Br)cc3)sc2c1. The van der Waals surface area contributed by atoms with Crippen LogP contribution in [0.2, 0.25) is 0 Å². The molecule has 2 heterocycles. The van der Waals surface area contributed by atoms with Gasteiger partial charge in [-0.25, -0.2) is 9.37 Å². The van der Waals surface area contributed by atoms with Gasteiger partial charge in [0.05, 0.1) is 21.8 Å². The number of halogens is 2. The molecule has 1 amide bonds. The number of amides is 1. The Morgan fingerprint density at radius 2 is 1.74 bits per heavy atom. The highest BCUT2D eigenvalue weighted by Crippen LogP contribution is 2.44. The Morgan fingerprint density at radius 1 is 1.06 bits per heavy atom. The summed E-state index contributed by atoms with van der Waals surface area (Å²) < 4.78 is 15.2. The van der Waals surface area contributed by atoms with Crippen molar-refractivity contribution in [3.63, 3.8) is 0 Å². The van der Waals surface area contributed by atoms with Gasteiger partial charge in [-0.1, -0.05) is 45.5 Å². The first kappa shape index (κ1) is 22.4. The lowest BCUT2D eigenvalue weighted by atomic mass is 9.95. The van der Waals surface area contributed by atoms with Gasteiger partial charge in [0.25, 0.3) is 5.78 Å². The van der Waals surface area contributed by atoms with Crippen LogP contribution in [0.3, 0.4) is 0 Å². The van der Waals surface area contributed by atoms with Crippen molar-refractivity contribution in [3.8, 4) is 0 Å². The van der Waals surface area contributed by atoms with Gasteiger partial charge in [0.2, 0.25) is 0 Å². The van der Waals surface area contributed by atoms with Crippen LogP contribution in [0, 0.1) is 19.7 Å². The fraction of sp³-hybridized carbons (Fsp3) is 0.115. The molecule has 1 aromatic heterocycles. The summed E-state index contributed by atoms with van der Waals surface area (Å²) in [5.41, 5.74) is 3.63. The molecule has 1 aliphatic rings. The number of aryl methyl sites for hydroxylation is 2. The number of carbonyl (C=O) groups excluding carboxylic acids is 2. The lowest BCUT2D eigenvalue weighted by Crippen LogP contribution is -2.29. The van der Waals surface area contributed by atoms with Crippen molar-refractivity contribution in [1.29, 1.82) is 0 Å². The van der Waals surface area contributed by atoms with Crippen LogP contribution in [0.15, 0.2) is 70.7 Å². The van der Waals surface area contributed by atoms with E-state index in [2.05, 4.69) is 15.9 Å². The van der Waals surface area contributed by atoms with Crippen LogP contribution in [0.4, 0.5) is 9.52 Å². The highest BCUT2D eigenvalue weighted by Gasteiger charge is 2.48. The van der Waals surface area contributed by atoms with Crippen molar-refractivity contribution in [2.75, 3.05) is 4.90 Å². The lowest BCUT2D eigenvalue weighted by molar-refractivity contribution is -0.132. The average molecular weight is 537 g/mol. The van der Waals surface area contributed by atoms with Crippen molar-refractivity contribution in [2.45, 2.75) is 19.9 Å². The molecule has 1 unspecified atom stereocenters. The second kappa shape index (κ2) is 8.45. The Morgan fingerprint density at radius 3 is 2.41 bits per heavy atom. The Hall–Kier alpha value is -3.36. The van der Waals surface area contributed by atoms with Crippen LogP contribution in [0.1, 0.15) is 28.3 Å². The van der Waals surface area contributed by atoms with Gasteiger partial charge < -0.3 is 5.11 Å². The Bertz CT molecular complexity index is 1490. The van der Waals surface area contributed by atoms with E-state index in [-0.39, 0.29) is 16.9 Å². The topological polar surface area (TPSA) is 70.5 Å². The number of hydrogen-bond donors (Lipinski definition) is 1. The fourth-order valence-electron chi connectivity index (χ4n) is 4.22. The maximum atomic E-state index is 13.5. The quantitative estimate of drug-likeness (QED) is 0.186. The number of aliphatic hydroxyl groups is 1. The third-order valence-electron chi connectivity index (χ3n) is 5.77. The van der Waals surface area contributed by atoms with E-state index in [0.29, 0.717) is 10.7 Å². The van der Waals surface area contributed by atoms with Gasteiger partial charge in [-0.3, -0.25) is 14.5 Å². The number of thiazole rings is 1. The number of carbonyl (C=O) groups is 2. The number of Topliss-reactive ketones (excluding diaryl/α,β-unsaturated/α-hetero) is 1. The minimum atomic E-state index is -0.889. The van der Waals surface area contributed by atoms with Crippen molar-refractivity contribution in [1.82, 2.24) is 4.98 Å². The first-order valence-corrected chi connectivity index (χ1v) is 12.1. The number of hydrogen-bond acceptors (Lipinski definition) is 5. The third-order valence-corrected chi connectivity index (χ3v) is 7.30. The van der Waals surface area contributed by atoms with Crippen LogP contribution in [-0.4, -0.2) is 21.8 Å². The Kier molecular flexibility index (Phi) is 5.58. The molecule has 0 radical (unpaired) electrons. The van der Waals surface area contributed by atoms with Crippen LogP contribution in [-0.2, 0) is 9.59 Å². The summed E-state index contributed by atoms with van der Waals surface area (Å²) in [6.07, 6.45) is 0. The van der Waals surface area contributed by atoms with Gasteiger partial charge >= 0.3 is 5.91 Å². The van der Waals surface area contributed by atoms with Gasteiger partial charge in [0, 0.05) is 10.0 Å². The Balaban J connectivity index is 1.74. The molecule has 0 spiro atoms. The summed E-state index contributed by atoms with van der Waals surface area (Å²) in [6.45, 7) is 3.94. The highest BCUT2D eigenvalue weighted by molar-refractivity contribution is 9.10. The molecule has 0 bridgehead atoms. The van der Waals surface area contributed by atoms with E-state index >= 15 is 0 Å². The number of fused-ring (bicyclic) bond motifs is 1. The molecule has 5 nitrogen and oxygen atoms in total. The molecular weight excluding hydrogens is 519 g/mol. The smallest absolute Gasteiger partial charge is 0.301 e. The maximum absolute atomic E-state index is 13.5. The number of anilines is 1. The van der Waals surface area contributed by atoms with E-state index in [4.69, 9.17) is 4.98 Å². The molecule has 3 aromatic carbocycles. The molecule has 1 atom stereocenters. The van der Waals surface area contributed by atoms with E-state index in [1.807, 2.05) is 26.0 Å². The molecule has 0 saturated carbocycles. The monoisotopic (exact) mass is 536 g/mol. The average Bonchev–Trinajstić information content (AvgIpc) is 3.33. The number of rotatable bonds is 3. The van der Waals surface area contributed by atoms with Gasteiger partial charge in [0.15, 0.2) is 5.13 Å². The van der Waals surface area contributed by atoms with Crippen molar-refractivity contribution in [3.05, 3.63) is 98.8 Å². The molecular formula is C26H18BrFN2O3S. The van der Waals surface area contributed by atoms with Crippen LogP contribution < -0.4 is 4.90 Å². The molecule has 1 aliphatic heterocycles. The number of aliphatic hydroxyl groups excluding tert-OH is 1. The van der Waals surface area contributed by atoms with Crippen LogP contribution in [0.25, 0.3) is 16.0 Å². The minimum Gasteiger partial charge on any atom is -0.507 e. The summed E-state index contributed by atoms with van der Waals surface area (Å²) in [4.78, 5) is 32.6. The summed E-state index contributed by atoms with van der Waals surface area (Å²) in [6, 6.07) is 15.4. The van der Waals surface area contributed by atoms with Crippen molar-refractivity contribution < 1.29 is 19.1 Å².